The molecular formula is C29H26F3N7O3. The minimum atomic E-state index is -1.72. The number of amides is 1. The Morgan fingerprint density at radius 1 is 1.14 bits per heavy atom. The standard InChI is InChI=1S/C29H26F3N7O3/c1-14(2)23-25(15(3)7-8-34-23)39-27-19(26(36-28(39)40)38-10-9-37(29(41)42)13-16(38)4)11-17(12-33)24(35-27)18-5-6-20(30)22(32)21(18)31/h5-8,11,14,16H,9-10,13H2,1-4H3,(H,41,42). The summed E-state index contributed by atoms with van der Waals surface area (Å²) in [6, 6.07) is 6.35. The highest BCUT2D eigenvalue weighted by atomic mass is 19.2. The van der Waals surface area contributed by atoms with Crippen LogP contribution >= 0.6 is 0 Å². The van der Waals surface area contributed by atoms with E-state index in [9.17, 15) is 28.7 Å². The van der Waals surface area contributed by atoms with Crippen molar-refractivity contribution in [3.63, 3.8) is 0 Å². The van der Waals surface area contributed by atoms with Crippen molar-refractivity contribution in [1.82, 2.24) is 24.4 Å². The van der Waals surface area contributed by atoms with E-state index >= 15 is 4.39 Å². The molecule has 13 heteroatoms. The van der Waals surface area contributed by atoms with Crippen molar-refractivity contribution in [3.8, 4) is 23.0 Å². The number of carboxylic acid groups (broad SMARTS) is 1. The average Bonchev–Trinajstić information content (AvgIpc) is 2.95. The smallest absolute Gasteiger partial charge is 0.407 e. The zero-order valence-electron chi connectivity index (χ0n) is 23.2. The fraction of sp³-hybridized carbons (Fsp3) is 0.310. The monoisotopic (exact) mass is 577 g/mol. The predicted molar refractivity (Wildman–Crippen MR) is 148 cm³/mol. The van der Waals surface area contributed by atoms with Crippen LogP contribution in [0.5, 0.6) is 0 Å². The highest BCUT2D eigenvalue weighted by molar-refractivity contribution is 5.92. The van der Waals surface area contributed by atoms with E-state index in [4.69, 9.17) is 0 Å². The minimum Gasteiger partial charge on any atom is -0.465 e. The van der Waals surface area contributed by atoms with Gasteiger partial charge in [0.1, 0.15) is 11.9 Å². The number of hydrogen-bond donors (Lipinski definition) is 1. The lowest BCUT2D eigenvalue weighted by molar-refractivity contribution is 0.136. The van der Waals surface area contributed by atoms with Gasteiger partial charge in [-0.05, 0) is 49.6 Å². The number of carbonyl (C=O) groups is 1. The molecule has 0 spiro atoms. The predicted octanol–water partition coefficient (Wildman–Crippen LogP) is 4.75. The van der Waals surface area contributed by atoms with Gasteiger partial charge in [-0.25, -0.2) is 32.3 Å². The van der Waals surface area contributed by atoms with Crippen LogP contribution in [0, 0.1) is 35.7 Å². The normalized spacial score (nSPS) is 15.4. The largest absolute Gasteiger partial charge is 0.465 e. The fourth-order valence-corrected chi connectivity index (χ4v) is 5.28. The number of aryl methyl sites for hydroxylation is 1. The van der Waals surface area contributed by atoms with Gasteiger partial charge in [-0.2, -0.15) is 10.2 Å². The molecular weight excluding hydrogens is 551 g/mol. The van der Waals surface area contributed by atoms with Crippen LogP contribution < -0.4 is 10.6 Å². The molecule has 0 saturated carbocycles. The van der Waals surface area contributed by atoms with Crippen molar-refractivity contribution < 1.29 is 23.1 Å². The number of aromatic nitrogens is 4. The zero-order chi connectivity index (χ0) is 30.5. The Bertz CT molecular complexity index is 1850. The molecule has 0 bridgehead atoms. The number of rotatable bonds is 4. The zero-order valence-corrected chi connectivity index (χ0v) is 23.2. The summed E-state index contributed by atoms with van der Waals surface area (Å²) < 4.78 is 44.3. The second-order valence-corrected chi connectivity index (χ2v) is 10.4. The molecule has 1 aliphatic rings. The van der Waals surface area contributed by atoms with Crippen LogP contribution in [-0.2, 0) is 0 Å². The number of pyridine rings is 2. The topological polar surface area (TPSA) is 128 Å². The highest BCUT2D eigenvalue weighted by Gasteiger charge is 2.31. The maximum Gasteiger partial charge on any atom is 0.407 e. The van der Waals surface area contributed by atoms with Crippen LogP contribution in [-0.4, -0.2) is 61.3 Å². The van der Waals surface area contributed by atoms with Crippen LogP contribution in [0.25, 0.3) is 28.0 Å². The number of halogens is 3. The quantitative estimate of drug-likeness (QED) is 0.344. The molecule has 4 aromatic rings. The van der Waals surface area contributed by atoms with Crippen LogP contribution in [0.15, 0.2) is 35.3 Å². The molecule has 1 amide bonds. The fourth-order valence-electron chi connectivity index (χ4n) is 5.28. The Balaban J connectivity index is 1.89. The van der Waals surface area contributed by atoms with Crippen molar-refractivity contribution in [3.05, 3.63) is 75.2 Å². The molecule has 1 fully saturated rings. The van der Waals surface area contributed by atoms with Crippen LogP contribution in [0.1, 0.15) is 43.5 Å². The van der Waals surface area contributed by atoms with Gasteiger partial charge in [-0.3, -0.25) is 4.98 Å². The van der Waals surface area contributed by atoms with Crippen molar-refractivity contribution in [2.24, 2.45) is 0 Å². The van der Waals surface area contributed by atoms with Gasteiger partial charge in [0.25, 0.3) is 0 Å². The Morgan fingerprint density at radius 3 is 2.52 bits per heavy atom. The van der Waals surface area contributed by atoms with Crippen molar-refractivity contribution >= 4 is 22.9 Å². The third kappa shape index (κ3) is 4.68. The van der Waals surface area contributed by atoms with E-state index in [-0.39, 0.29) is 53.7 Å². The number of hydrogen-bond acceptors (Lipinski definition) is 7. The second kappa shape index (κ2) is 10.8. The number of benzene rings is 1. The van der Waals surface area contributed by atoms with Gasteiger partial charge in [0.15, 0.2) is 23.1 Å². The first-order chi connectivity index (χ1) is 19.9. The van der Waals surface area contributed by atoms with Crippen molar-refractivity contribution in [2.75, 3.05) is 24.5 Å². The maximum absolute atomic E-state index is 15.0. The third-order valence-electron chi connectivity index (χ3n) is 7.35. The third-order valence-corrected chi connectivity index (χ3v) is 7.35. The first-order valence-electron chi connectivity index (χ1n) is 13.2. The first kappa shape index (κ1) is 28.5. The maximum atomic E-state index is 15.0. The Kier molecular flexibility index (Phi) is 7.32. The second-order valence-electron chi connectivity index (χ2n) is 10.4. The molecule has 1 aromatic carbocycles. The van der Waals surface area contributed by atoms with Gasteiger partial charge >= 0.3 is 11.8 Å². The first-order valence-corrected chi connectivity index (χ1v) is 13.2. The number of anilines is 1. The minimum absolute atomic E-state index is 0.00556. The molecule has 1 N–H and O–H groups in total. The number of nitrogens with zero attached hydrogens (tertiary/aromatic N) is 7. The Morgan fingerprint density at radius 2 is 1.88 bits per heavy atom. The van der Waals surface area contributed by atoms with Gasteiger partial charge in [0, 0.05) is 37.4 Å². The number of fused-ring (bicyclic) bond motifs is 1. The van der Waals surface area contributed by atoms with Crippen LogP contribution in [0.3, 0.4) is 0 Å². The summed E-state index contributed by atoms with van der Waals surface area (Å²) >= 11 is 0. The number of piperazine rings is 1. The molecule has 42 heavy (non-hydrogen) atoms. The molecule has 216 valence electrons. The molecule has 4 heterocycles. The van der Waals surface area contributed by atoms with E-state index < -0.39 is 40.8 Å². The van der Waals surface area contributed by atoms with Crippen LogP contribution in [0.4, 0.5) is 23.8 Å². The molecule has 1 unspecified atom stereocenters. The van der Waals surface area contributed by atoms with E-state index in [1.165, 1.54) is 15.5 Å². The summed E-state index contributed by atoms with van der Waals surface area (Å²) in [5.41, 5.74) is -0.0249. The van der Waals surface area contributed by atoms with Gasteiger partial charge in [0.2, 0.25) is 0 Å². The summed E-state index contributed by atoms with van der Waals surface area (Å²) in [5.74, 6) is -4.62. The van der Waals surface area contributed by atoms with Gasteiger partial charge in [-0.1, -0.05) is 13.8 Å². The van der Waals surface area contributed by atoms with Crippen LogP contribution in [0.2, 0.25) is 0 Å². The SMILES string of the molecule is Cc1ccnc(C(C)C)c1-n1c(=O)nc(N2CCN(C(=O)O)CC2C)c2cc(C#N)c(-c3ccc(F)c(F)c3F)nc21. The van der Waals surface area contributed by atoms with Gasteiger partial charge < -0.3 is 14.9 Å². The summed E-state index contributed by atoms with van der Waals surface area (Å²) in [7, 11) is 0. The lowest BCUT2D eigenvalue weighted by Gasteiger charge is -2.39. The lowest BCUT2D eigenvalue weighted by Crippen LogP contribution is -2.54. The summed E-state index contributed by atoms with van der Waals surface area (Å²) in [6.45, 7) is 7.82. The summed E-state index contributed by atoms with van der Waals surface area (Å²) in [4.78, 5) is 41.9. The Hall–Kier alpha value is -4.99. The lowest BCUT2D eigenvalue weighted by atomic mass is 10.0. The van der Waals surface area contributed by atoms with Crippen molar-refractivity contribution in [1.29, 1.82) is 5.26 Å². The number of nitriles is 1. The van der Waals surface area contributed by atoms with Gasteiger partial charge in [0.05, 0.1) is 28.0 Å². The van der Waals surface area contributed by atoms with E-state index in [1.54, 1.807) is 31.0 Å². The molecule has 1 atom stereocenters. The highest BCUT2D eigenvalue weighted by Crippen LogP contribution is 2.35. The Labute approximate surface area is 238 Å². The molecule has 10 nitrogen and oxygen atoms in total. The molecule has 1 saturated heterocycles. The average molecular weight is 578 g/mol. The molecule has 5 rings (SSSR count). The summed E-state index contributed by atoms with van der Waals surface area (Å²) in [6.07, 6.45) is 0.533. The summed E-state index contributed by atoms with van der Waals surface area (Å²) in [5, 5.41) is 19.8. The van der Waals surface area contributed by atoms with E-state index in [0.29, 0.717) is 16.9 Å². The van der Waals surface area contributed by atoms with Crippen molar-refractivity contribution in [2.45, 2.75) is 39.7 Å². The molecule has 0 radical (unpaired) electrons. The molecule has 0 aliphatic carbocycles. The van der Waals surface area contributed by atoms with E-state index in [0.717, 1.165) is 12.1 Å². The molecule has 3 aromatic heterocycles. The van der Waals surface area contributed by atoms with Gasteiger partial charge in [-0.15, -0.1) is 0 Å². The van der Waals surface area contributed by atoms with E-state index in [2.05, 4.69) is 15.0 Å². The van der Waals surface area contributed by atoms with E-state index in [1.807, 2.05) is 19.9 Å². The molecule has 1 aliphatic heterocycles.